The van der Waals surface area contributed by atoms with Gasteiger partial charge in [0.05, 0.1) is 0 Å². The van der Waals surface area contributed by atoms with Crippen molar-refractivity contribution in [1.82, 2.24) is 20.9 Å². The van der Waals surface area contributed by atoms with Gasteiger partial charge in [0.2, 0.25) is 5.91 Å². The molecule has 7 nitrogen and oxygen atoms in total. The molecule has 7 heteroatoms. The normalized spacial score (nSPS) is 11.7. The fourth-order valence-corrected chi connectivity index (χ4v) is 3.03. The van der Waals surface area contributed by atoms with Crippen molar-refractivity contribution < 1.29 is 14.4 Å². The van der Waals surface area contributed by atoms with Crippen molar-refractivity contribution in [3.8, 4) is 0 Å². The monoisotopic (exact) mass is 451 g/mol. The van der Waals surface area contributed by atoms with E-state index in [1.165, 1.54) is 0 Å². The molecule has 0 spiro atoms. The van der Waals surface area contributed by atoms with Gasteiger partial charge in [0, 0.05) is 24.8 Å². The predicted octanol–water partition coefficient (Wildman–Crippen LogP) is 3.59. The van der Waals surface area contributed by atoms with Crippen molar-refractivity contribution in [1.29, 1.82) is 0 Å². The minimum absolute atomic E-state index is 0.0472. The summed E-state index contributed by atoms with van der Waals surface area (Å²) in [5.41, 5.74) is 2.83. The highest BCUT2D eigenvalue weighted by atomic mass is 16.2. The Labute approximate surface area is 196 Å². The van der Waals surface area contributed by atoms with Crippen molar-refractivity contribution in [2.75, 3.05) is 6.54 Å². The van der Waals surface area contributed by atoms with Crippen LogP contribution < -0.4 is 16.0 Å². The lowest BCUT2D eigenvalue weighted by Crippen LogP contribution is -2.52. The number of carbonyl (C=O) groups is 3. The van der Waals surface area contributed by atoms with Crippen LogP contribution >= 0.6 is 0 Å². The van der Waals surface area contributed by atoms with Crippen LogP contribution in [0.3, 0.4) is 0 Å². The lowest BCUT2D eigenvalue weighted by Gasteiger charge is -2.19. The number of hydrogen-bond donors (Lipinski definition) is 3. The van der Waals surface area contributed by atoms with E-state index < -0.39 is 17.9 Å². The molecular weight excluding hydrogens is 416 g/mol. The van der Waals surface area contributed by atoms with Crippen molar-refractivity contribution in [3.63, 3.8) is 0 Å². The van der Waals surface area contributed by atoms with Gasteiger partial charge >= 0.3 is 0 Å². The molecule has 0 bridgehead atoms. The van der Waals surface area contributed by atoms with Gasteiger partial charge in [-0.2, -0.15) is 0 Å². The zero-order valence-electron chi connectivity index (χ0n) is 20.0. The van der Waals surface area contributed by atoms with Crippen LogP contribution in [0.15, 0.2) is 42.6 Å². The highest BCUT2D eigenvalue weighted by Gasteiger charge is 2.23. The molecule has 3 N–H and O–H groups in total. The molecule has 33 heavy (non-hydrogen) atoms. The van der Waals surface area contributed by atoms with Gasteiger partial charge in [-0.15, -0.1) is 0 Å². The summed E-state index contributed by atoms with van der Waals surface area (Å²) >= 11 is 0. The molecule has 2 aromatic rings. The first-order valence-electron chi connectivity index (χ1n) is 11.5. The van der Waals surface area contributed by atoms with Crippen molar-refractivity contribution in [2.45, 2.75) is 59.4 Å². The number of amides is 3. The first-order chi connectivity index (χ1) is 15.8. The van der Waals surface area contributed by atoms with E-state index in [-0.39, 0.29) is 18.1 Å². The van der Waals surface area contributed by atoms with Crippen molar-refractivity contribution in [3.05, 3.63) is 71.5 Å². The maximum absolute atomic E-state index is 12.7. The average Bonchev–Trinajstić information content (AvgIpc) is 2.80. The molecule has 0 saturated heterocycles. The molecule has 177 valence electrons. The summed E-state index contributed by atoms with van der Waals surface area (Å²) in [6.07, 6.45) is 5.44. The van der Waals surface area contributed by atoms with E-state index in [1.54, 1.807) is 30.9 Å². The van der Waals surface area contributed by atoms with Crippen LogP contribution in [0, 0.1) is 19.4 Å². The molecule has 0 saturated carbocycles. The van der Waals surface area contributed by atoms with Crippen LogP contribution in [-0.4, -0.2) is 35.3 Å². The molecule has 1 heterocycles. The Morgan fingerprint density at radius 3 is 2.36 bits per heavy atom. The van der Waals surface area contributed by atoms with E-state index in [4.69, 9.17) is 0 Å². The first-order valence-corrected chi connectivity index (χ1v) is 11.5. The number of nitrogens with one attached hydrogen (secondary N) is 3. The van der Waals surface area contributed by atoms with Crippen LogP contribution in [0.2, 0.25) is 0 Å². The van der Waals surface area contributed by atoms with Gasteiger partial charge in [0.1, 0.15) is 11.7 Å². The van der Waals surface area contributed by atoms with Gasteiger partial charge in [-0.1, -0.05) is 51.0 Å². The van der Waals surface area contributed by atoms with E-state index in [2.05, 4.69) is 27.9 Å². The van der Waals surface area contributed by atoms with Crippen molar-refractivity contribution >= 4 is 17.7 Å². The number of rotatable bonds is 12. The minimum Gasteiger partial charge on any atom is -0.349 e. The quantitative estimate of drug-likeness (QED) is 0.459. The number of aromatic nitrogens is 1. The number of benzene rings is 1. The Balaban J connectivity index is 2.04. The van der Waals surface area contributed by atoms with Crippen LogP contribution in [0.5, 0.6) is 0 Å². The van der Waals surface area contributed by atoms with Gasteiger partial charge in [-0.3, -0.25) is 19.4 Å². The van der Waals surface area contributed by atoms with E-state index in [1.807, 2.05) is 39.0 Å². The summed E-state index contributed by atoms with van der Waals surface area (Å²) < 4.78 is 0. The molecule has 1 aromatic carbocycles. The van der Waals surface area contributed by atoms with E-state index in [0.29, 0.717) is 17.9 Å². The minimum atomic E-state index is -0.947. The Kier molecular flexibility index (Phi) is 10.5. The zero-order valence-corrected chi connectivity index (χ0v) is 20.0. The maximum atomic E-state index is 12.7. The molecule has 2 rings (SSSR count). The summed E-state index contributed by atoms with van der Waals surface area (Å²) in [5, 5.41) is 8.16. The standard InChI is InChI=1S/C26H35N4O3/c1-5-6-7-20-10-13-22(28-16-20)26(33)30-23(25(32)27-15-14-18(2)3)17-29-24(31)21-11-8-19(4)9-12-21/h8-13,15-16,18,23H,5-7,14,17H2,1-4H3,(H,27,32)(H,29,31)(H,30,33)/t23-/m0/s1. The molecule has 0 unspecified atom stereocenters. The molecule has 1 aromatic heterocycles. The zero-order chi connectivity index (χ0) is 24.2. The number of hydrogen-bond acceptors (Lipinski definition) is 4. The van der Waals surface area contributed by atoms with Crippen LogP contribution in [0.1, 0.15) is 72.0 Å². The molecule has 3 amide bonds. The van der Waals surface area contributed by atoms with Crippen molar-refractivity contribution in [2.24, 2.45) is 5.92 Å². The largest absolute Gasteiger partial charge is 0.349 e. The van der Waals surface area contributed by atoms with Gasteiger partial charge in [0.15, 0.2) is 0 Å². The smallest absolute Gasteiger partial charge is 0.270 e. The highest BCUT2D eigenvalue weighted by molar-refractivity contribution is 5.97. The molecule has 0 fully saturated rings. The average molecular weight is 452 g/mol. The SMILES string of the molecule is CCCCc1ccc(C(=O)N[C@@H](CNC(=O)c2ccc(C)cc2)C(=O)N[CH]CC(C)C)nc1. The van der Waals surface area contributed by atoms with E-state index >= 15 is 0 Å². The van der Waals surface area contributed by atoms with E-state index in [9.17, 15) is 14.4 Å². The van der Waals surface area contributed by atoms with E-state index in [0.717, 1.165) is 30.4 Å². The second kappa shape index (κ2) is 13.4. The number of aryl methyl sites for hydroxylation is 2. The summed E-state index contributed by atoms with van der Waals surface area (Å²) in [6.45, 7) is 9.77. The second-order valence-corrected chi connectivity index (χ2v) is 8.60. The number of pyridine rings is 1. The summed E-state index contributed by atoms with van der Waals surface area (Å²) in [4.78, 5) is 42.2. The lowest BCUT2D eigenvalue weighted by atomic mass is 10.1. The topological polar surface area (TPSA) is 100 Å². The number of nitrogens with zero attached hydrogens (tertiary/aromatic N) is 1. The number of carbonyl (C=O) groups excluding carboxylic acids is 3. The third-order valence-corrected chi connectivity index (χ3v) is 5.11. The fourth-order valence-electron chi connectivity index (χ4n) is 3.03. The first kappa shape index (κ1) is 26.0. The Morgan fingerprint density at radius 2 is 1.76 bits per heavy atom. The Bertz CT molecular complexity index is 908. The highest BCUT2D eigenvalue weighted by Crippen LogP contribution is 2.06. The van der Waals surface area contributed by atoms with Crippen LogP contribution in [0.4, 0.5) is 0 Å². The van der Waals surface area contributed by atoms with Crippen LogP contribution in [-0.2, 0) is 11.2 Å². The summed E-state index contributed by atoms with van der Waals surface area (Å²) in [5.74, 6) is -0.792. The second-order valence-electron chi connectivity index (χ2n) is 8.60. The predicted molar refractivity (Wildman–Crippen MR) is 130 cm³/mol. The Hall–Kier alpha value is -3.22. The molecule has 0 aliphatic rings. The molecule has 0 aliphatic heterocycles. The lowest BCUT2D eigenvalue weighted by molar-refractivity contribution is -0.122. The molecule has 0 aliphatic carbocycles. The summed E-state index contributed by atoms with van der Waals surface area (Å²) in [7, 11) is 0. The van der Waals surface area contributed by atoms with Gasteiger partial charge in [-0.25, -0.2) is 0 Å². The molecule has 1 radical (unpaired) electrons. The molecular formula is C26H35N4O3. The van der Waals surface area contributed by atoms with Gasteiger partial charge in [0.25, 0.3) is 11.8 Å². The van der Waals surface area contributed by atoms with Crippen LogP contribution in [0.25, 0.3) is 0 Å². The van der Waals surface area contributed by atoms with Gasteiger partial charge in [-0.05, 0) is 55.9 Å². The molecule has 1 atom stereocenters. The van der Waals surface area contributed by atoms with Gasteiger partial charge < -0.3 is 16.0 Å². The fraction of sp³-hybridized carbons (Fsp3) is 0.423. The third kappa shape index (κ3) is 9.04. The number of unbranched alkanes of at least 4 members (excludes halogenated alkanes) is 1. The summed E-state index contributed by atoms with van der Waals surface area (Å²) in [6, 6.07) is 9.72. The third-order valence-electron chi connectivity index (χ3n) is 5.11. The maximum Gasteiger partial charge on any atom is 0.270 e. The Morgan fingerprint density at radius 1 is 1.03 bits per heavy atom.